The van der Waals surface area contributed by atoms with Gasteiger partial charge in [0.1, 0.15) is 0 Å². The smallest absolute Gasteiger partial charge is 0.233 e. The lowest BCUT2D eigenvalue weighted by molar-refractivity contribution is -0.146. The van der Waals surface area contributed by atoms with E-state index >= 15 is 0 Å². The molecule has 1 saturated carbocycles. The molecule has 2 heterocycles. The maximum Gasteiger partial charge on any atom is 0.233 e. The minimum Gasteiger partial charge on any atom is -0.480 e. The van der Waals surface area contributed by atoms with Gasteiger partial charge in [-0.2, -0.15) is 5.10 Å². The molecule has 1 aliphatic heterocycles. The van der Waals surface area contributed by atoms with E-state index in [1.54, 1.807) is 7.11 Å². The van der Waals surface area contributed by atoms with Crippen molar-refractivity contribution in [1.29, 1.82) is 0 Å². The molecule has 2 N–H and O–H groups in total. The van der Waals surface area contributed by atoms with Crippen LogP contribution in [0.3, 0.4) is 0 Å². The summed E-state index contributed by atoms with van der Waals surface area (Å²) < 4.78 is 11.0. The van der Waals surface area contributed by atoms with E-state index in [1.807, 2.05) is 12.1 Å². The fourth-order valence-electron chi connectivity index (χ4n) is 3.15. The van der Waals surface area contributed by atoms with Crippen molar-refractivity contribution in [2.45, 2.75) is 43.7 Å². The Balaban J connectivity index is 1.69. The van der Waals surface area contributed by atoms with Crippen molar-refractivity contribution in [3.8, 4) is 5.88 Å². The Morgan fingerprint density at radius 1 is 1.42 bits per heavy atom. The number of hydrogen-bond donors (Lipinski definition) is 1. The van der Waals surface area contributed by atoms with Crippen LogP contribution in [0.15, 0.2) is 12.1 Å². The zero-order chi connectivity index (χ0) is 13.3. The van der Waals surface area contributed by atoms with Gasteiger partial charge in [0, 0.05) is 12.7 Å². The van der Waals surface area contributed by atoms with Crippen LogP contribution in [0, 0.1) is 5.92 Å². The van der Waals surface area contributed by atoms with Crippen molar-refractivity contribution in [3.05, 3.63) is 17.8 Å². The fourth-order valence-corrected chi connectivity index (χ4v) is 3.15. The lowest BCUT2D eigenvalue weighted by Gasteiger charge is -2.48. The maximum atomic E-state index is 6.36. The highest BCUT2D eigenvalue weighted by Gasteiger charge is 2.44. The normalized spacial score (nSPS) is 26.7. The number of nitrogens with zero attached hydrogens (tertiary/aromatic N) is 2. The van der Waals surface area contributed by atoms with Gasteiger partial charge in [-0.25, -0.2) is 0 Å². The third-order valence-corrected chi connectivity index (χ3v) is 4.52. The Morgan fingerprint density at radius 3 is 2.84 bits per heavy atom. The summed E-state index contributed by atoms with van der Waals surface area (Å²) in [6.07, 6.45) is 5.72. The molecule has 2 aliphatic rings. The van der Waals surface area contributed by atoms with Crippen LogP contribution in [-0.4, -0.2) is 29.5 Å². The molecule has 0 amide bonds. The van der Waals surface area contributed by atoms with Gasteiger partial charge in [0.25, 0.3) is 0 Å². The number of rotatable bonds is 3. The third-order valence-electron chi connectivity index (χ3n) is 4.52. The van der Waals surface area contributed by atoms with E-state index in [9.17, 15) is 0 Å². The van der Waals surface area contributed by atoms with Crippen LogP contribution in [0.2, 0.25) is 0 Å². The zero-order valence-corrected chi connectivity index (χ0v) is 11.3. The van der Waals surface area contributed by atoms with Crippen LogP contribution in [0.5, 0.6) is 5.88 Å². The van der Waals surface area contributed by atoms with E-state index in [1.165, 1.54) is 19.3 Å². The van der Waals surface area contributed by atoms with E-state index in [2.05, 4.69) is 10.2 Å². The molecule has 2 fully saturated rings. The zero-order valence-electron chi connectivity index (χ0n) is 11.3. The summed E-state index contributed by atoms with van der Waals surface area (Å²) in [4.78, 5) is 0. The second-order valence-electron chi connectivity index (χ2n) is 5.66. The first-order chi connectivity index (χ1) is 9.22. The molecule has 5 heteroatoms. The van der Waals surface area contributed by atoms with Gasteiger partial charge in [-0.3, -0.25) is 0 Å². The average molecular weight is 263 g/mol. The molecule has 2 unspecified atom stereocenters. The first kappa shape index (κ1) is 12.8. The summed E-state index contributed by atoms with van der Waals surface area (Å²) in [5, 5.41) is 8.18. The predicted molar refractivity (Wildman–Crippen MR) is 70.8 cm³/mol. The van der Waals surface area contributed by atoms with E-state index < -0.39 is 0 Å². The molecule has 1 aromatic heterocycles. The predicted octanol–water partition coefficient (Wildman–Crippen LogP) is 1.83. The highest BCUT2D eigenvalue weighted by Crippen LogP contribution is 2.46. The summed E-state index contributed by atoms with van der Waals surface area (Å²) in [6.45, 7) is 0.821. The molecule has 1 saturated heterocycles. The largest absolute Gasteiger partial charge is 0.480 e. The van der Waals surface area contributed by atoms with Crippen LogP contribution in [0.4, 0.5) is 0 Å². The highest BCUT2D eigenvalue weighted by molar-refractivity contribution is 5.15. The number of nitrogens with two attached hydrogens (primary N) is 1. The third kappa shape index (κ3) is 2.44. The standard InChI is InChI=1S/C14H21N3O2/c1-18-12-4-3-11(16-17-12)13(15)10-5-8-19-14(9-10)6-2-7-14/h3-4,10,13H,2,5-9,15H2,1H3. The van der Waals surface area contributed by atoms with Gasteiger partial charge in [-0.15, -0.1) is 5.10 Å². The Kier molecular flexibility index (Phi) is 3.41. The van der Waals surface area contributed by atoms with Crippen LogP contribution in [0.1, 0.15) is 43.8 Å². The first-order valence-corrected chi connectivity index (χ1v) is 7.00. The topological polar surface area (TPSA) is 70.3 Å². The number of ether oxygens (including phenoxy) is 2. The monoisotopic (exact) mass is 263 g/mol. The van der Waals surface area contributed by atoms with Gasteiger partial charge < -0.3 is 15.2 Å². The molecule has 3 rings (SSSR count). The van der Waals surface area contributed by atoms with Crippen LogP contribution >= 0.6 is 0 Å². The molecular formula is C14H21N3O2. The summed E-state index contributed by atoms with van der Waals surface area (Å²) >= 11 is 0. The number of methoxy groups -OCH3 is 1. The lowest BCUT2D eigenvalue weighted by atomic mass is 9.70. The van der Waals surface area contributed by atoms with Gasteiger partial charge in [0.15, 0.2) is 0 Å². The van der Waals surface area contributed by atoms with E-state index in [4.69, 9.17) is 15.2 Å². The van der Waals surface area contributed by atoms with Crippen molar-refractivity contribution >= 4 is 0 Å². The van der Waals surface area contributed by atoms with Crippen molar-refractivity contribution < 1.29 is 9.47 Å². The Bertz CT molecular complexity index is 431. The van der Waals surface area contributed by atoms with Gasteiger partial charge in [0.05, 0.1) is 24.4 Å². The summed E-state index contributed by atoms with van der Waals surface area (Å²) in [6, 6.07) is 3.68. The molecule has 0 aromatic carbocycles. The lowest BCUT2D eigenvalue weighted by Crippen LogP contribution is -2.47. The van der Waals surface area contributed by atoms with Gasteiger partial charge in [0.2, 0.25) is 5.88 Å². The van der Waals surface area contributed by atoms with Crippen LogP contribution in [0.25, 0.3) is 0 Å². The SMILES string of the molecule is COc1ccc(C(N)C2CCOC3(CCC3)C2)nn1. The minimum atomic E-state index is -0.0558. The quantitative estimate of drug-likeness (QED) is 0.901. The molecule has 1 spiro atoms. The Hall–Kier alpha value is -1.20. The molecule has 104 valence electrons. The van der Waals surface area contributed by atoms with E-state index in [0.29, 0.717) is 11.8 Å². The molecule has 5 nitrogen and oxygen atoms in total. The first-order valence-electron chi connectivity index (χ1n) is 7.00. The molecule has 0 bridgehead atoms. The second kappa shape index (κ2) is 5.06. The summed E-state index contributed by atoms with van der Waals surface area (Å²) in [5.41, 5.74) is 7.34. The van der Waals surface area contributed by atoms with Crippen molar-refractivity contribution in [1.82, 2.24) is 10.2 Å². The molecular weight excluding hydrogens is 242 g/mol. The van der Waals surface area contributed by atoms with Crippen molar-refractivity contribution in [3.63, 3.8) is 0 Å². The molecule has 19 heavy (non-hydrogen) atoms. The van der Waals surface area contributed by atoms with Crippen molar-refractivity contribution in [2.75, 3.05) is 13.7 Å². The number of hydrogen-bond acceptors (Lipinski definition) is 5. The second-order valence-corrected chi connectivity index (χ2v) is 5.66. The molecule has 2 atom stereocenters. The average Bonchev–Trinajstić information content (AvgIpc) is 2.45. The Morgan fingerprint density at radius 2 is 2.26 bits per heavy atom. The summed E-state index contributed by atoms with van der Waals surface area (Å²) in [7, 11) is 1.59. The fraction of sp³-hybridized carbons (Fsp3) is 0.714. The minimum absolute atomic E-state index is 0.0558. The molecule has 1 aliphatic carbocycles. The molecule has 1 aromatic rings. The number of aromatic nitrogens is 2. The van der Waals surface area contributed by atoms with Crippen molar-refractivity contribution in [2.24, 2.45) is 11.7 Å². The summed E-state index contributed by atoms with van der Waals surface area (Å²) in [5.74, 6) is 0.968. The van der Waals surface area contributed by atoms with E-state index in [-0.39, 0.29) is 11.6 Å². The van der Waals surface area contributed by atoms with Gasteiger partial charge in [-0.05, 0) is 44.1 Å². The molecule has 0 radical (unpaired) electrons. The highest BCUT2D eigenvalue weighted by atomic mass is 16.5. The van der Waals surface area contributed by atoms with Gasteiger partial charge in [-0.1, -0.05) is 0 Å². The van der Waals surface area contributed by atoms with Crippen LogP contribution in [-0.2, 0) is 4.74 Å². The Labute approximate surface area is 113 Å². The van der Waals surface area contributed by atoms with E-state index in [0.717, 1.165) is 25.1 Å². The van der Waals surface area contributed by atoms with Crippen LogP contribution < -0.4 is 10.5 Å². The van der Waals surface area contributed by atoms with Gasteiger partial charge >= 0.3 is 0 Å². The maximum absolute atomic E-state index is 6.36.